The van der Waals surface area contributed by atoms with E-state index in [1.807, 2.05) is 87.5 Å². The van der Waals surface area contributed by atoms with Gasteiger partial charge in [0.25, 0.3) is 5.91 Å². The first-order valence-electron chi connectivity index (χ1n) is 17.0. The number of benzene rings is 3. The van der Waals surface area contributed by atoms with Gasteiger partial charge in [0.05, 0.1) is 19.3 Å². The Bertz CT molecular complexity index is 1580. The fourth-order valence-electron chi connectivity index (χ4n) is 6.04. The first-order valence-corrected chi connectivity index (χ1v) is 17.0. The van der Waals surface area contributed by atoms with Crippen molar-refractivity contribution in [3.63, 3.8) is 0 Å². The third kappa shape index (κ3) is 10.3. The summed E-state index contributed by atoms with van der Waals surface area (Å²) in [5.74, 6) is -0.00258. The van der Waals surface area contributed by atoms with Crippen LogP contribution in [0.3, 0.4) is 0 Å². The van der Waals surface area contributed by atoms with Crippen molar-refractivity contribution in [3.8, 4) is 5.75 Å². The number of piperidine rings is 1. The van der Waals surface area contributed by atoms with Crippen molar-refractivity contribution in [1.29, 1.82) is 0 Å². The second-order valence-electron chi connectivity index (χ2n) is 13.5. The molecule has 12 nitrogen and oxygen atoms in total. The summed E-state index contributed by atoms with van der Waals surface area (Å²) in [5, 5.41) is 3.07. The number of rotatable bonds is 13. The zero-order valence-electron chi connectivity index (χ0n) is 28.8. The highest BCUT2D eigenvalue weighted by molar-refractivity contribution is 5.93. The molecule has 3 aromatic carbocycles. The smallest absolute Gasteiger partial charge is 0.410 e. The van der Waals surface area contributed by atoms with E-state index in [1.165, 1.54) is 0 Å². The molecule has 2 aliphatic heterocycles. The molecule has 2 bridgehead atoms. The summed E-state index contributed by atoms with van der Waals surface area (Å²) in [4.78, 5) is 50.8. The molecule has 2 fully saturated rings. The molecule has 266 valence electrons. The lowest BCUT2D eigenvalue weighted by molar-refractivity contribution is -0.124. The monoisotopic (exact) mass is 686 g/mol. The molecule has 2 saturated heterocycles. The second kappa shape index (κ2) is 17.1. The number of alkyl carbamates (subject to hydrolysis) is 1. The number of hydrazine groups is 1. The maximum Gasteiger partial charge on any atom is 0.410 e. The molecule has 12 heteroatoms. The van der Waals surface area contributed by atoms with Gasteiger partial charge in [0.15, 0.2) is 0 Å². The molecule has 0 aromatic heterocycles. The van der Waals surface area contributed by atoms with Crippen LogP contribution in [0.25, 0.3) is 0 Å². The minimum absolute atomic E-state index is 0.174. The highest BCUT2D eigenvalue weighted by Gasteiger charge is 2.45. The maximum absolute atomic E-state index is 13.5. The molecule has 5 rings (SSSR count). The molecule has 50 heavy (non-hydrogen) atoms. The Labute approximate surface area is 292 Å². The summed E-state index contributed by atoms with van der Waals surface area (Å²) >= 11 is 0. The normalized spacial score (nSPS) is 19.1. The second-order valence-corrected chi connectivity index (χ2v) is 13.5. The Balaban J connectivity index is 1.20. The first kappa shape index (κ1) is 36.3. The van der Waals surface area contributed by atoms with Gasteiger partial charge in [0, 0.05) is 43.5 Å². The van der Waals surface area contributed by atoms with Gasteiger partial charge in [-0.3, -0.25) is 10.2 Å². The van der Waals surface area contributed by atoms with Crippen LogP contribution in [-0.2, 0) is 25.6 Å². The number of hydrogen-bond acceptors (Lipinski definition) is 9. The molecule has 0 spiro atoms. The van der Waals surface area contributed by atoms with E-state index >= 15 is 0 Å². The van der Waals surface area contributed by atoms with Gasteiger partial charge in [0.1, 0.15) is 30.3 Å². The minimum Gasteiger partial charge on any atom is -0.489 e. The number of nitrogens with zero attached hydrogens (tertiary/aromatic N) is 1. The molecule has 3 N–H and O–H groups in total. The van der Waals surface area contributed by atoms with Crippen molar-refractivity contribution in [2.24, 2.45) is 11.8 Å². The lowest BCUT2D eigenvalue weighted by Gasteiger charge is -2.46. The van der Waals surface area contributed by atoms with Crippen molar-refractivity contribution in [1.82, 2.24) is 21.1 Å². The number of ether oxygens (including phenoxy) is 4. The summed E-state index contributed by atoms with van der Waals surface area (Å²) in [6, 6.07) is 23.7. The number of unbranched alkanes of at least 4 members (excludes halogenated alkanes) is 1. The molecule has 2 heterocycles. The van der Waals surface area contributed by atoms with Gasteiger partial charge in [-0.15, -0.1) is 0 Å². The van der Waals surface area contributed by atoms with Crippen LogP contribution < -0.4 is 20.9 Å². The van der Waals surface area contributed by atoms with Crippen LogP contribution in [0.1, 0.15) is 66.7 Å². The Kier molecular flexibility index (Phi) is 12.5. The molecule has 0 aliphatic carbocycles. The van der Waals surface area contributed by atoms with Crippen LogP contribution in [0.15, 0.2) is 78.9 Å². The summed E-state index contributed by atoms with van der Waals surface area (Å²) in [5.41, 5.74) is 7.89. The molecule has 2 aliphatic rings. The minimum atomic E-state index is -0.604. The van der Waals surface area contributed by atoms with Crippen LogP contribution in [0, 0.1) is 11.8 Å². The average Bonchev–Trinajstić information content (AvgIpc) is 3.09. The van der Waals surface area contributed by atoms with E-state index in [1.54, 1.807) is 17.0 Å². The van der Waals surface area contributed by atoms with Crippen molar-refractivity contribution in [2.75, 3.05) is 32.8 Å². The highest BCUT2D eigenvalue weighted by Crippen LogP contribution is 2.32. The van der Waals surface area contributed by atoms with Gasteiger partial charge in [-0.05, 0) is 68.1 Å². The standard InChI is InChI=1S/C38H46N4O8/c1-38(2,3)50-37(46)42-21-30-24-47-25-31(22-42)34(30)49-36(45)40-33(27-10-5-4-6-11-27)29-12-9-13-32(20-29)48-23-26-14-16-28(17-15-26)35(44)41-39-18-7-8-19-43/h4-6,9-17,19-20,30-31,33-34,39H,7-8,18,21-25H2,1-3H3,(H,40,45)(H,41,44). The summed E-state index contributed by atoms with van der Waals surface area (Å²) in [6.07, 6.45) is 0.585. The van der Waals surface area contributed by atoms with Gasteiger partial charge < -0.3 is 34.0 Å². The number of amides is 3. The number of fused-ring (bicyclic) bond motifs is 2. The number of nitrogens with one attached hydrogen (secondary N) is 3. The summed E-state index contributed by atoms with van der Waals surface area (Å²) in [6.45, 7) is 7.80. The summed E-state index contributed by atoms with van der Waals surface area (Å²) < 4.78 is 23.6. The number of likely N-dealkylation sites (tertiary alicyclic amines) is 1. The van der Waals surface area contributed by atoms with Crippen LogP contribution >= 0.6 is 0 Å². The van der Waals surface area contributed by atoms with E-state index in [0.717, 1.165) is 23.0 Å². The van der Waals surface area contributed by atoms with Gasteiger partial charge in [-0.25, -0.2) is 15.0 Å². The quantitative estimate of drug-likeness (QED) is 0.126. The van der Waals surface area contributed by atoms with Crippen LogP contribution in [0.4, 0.5) is 9.59 Å². The van der Waals surface area contributed by atoms with Gasteiger partial charge >= 0.3 is 12.2 Å². The predicted molar refractivity (Wildman–Crippen MR) is 185 cm³/mol. The van der Waals surface area contributed by atoms with Gasteiger partial charge in [0.2, 0.25) is 0 Å². The Morgan fingerprint density at radius 2 is 1.64 bits per heavy atom. The van der Waals surface area contributed by atoms with E-state index in [0.29, 0.717) is 57.0 Å². The fourth-order valence-corrected chi connectivity index (χ4v) is 6.04. The maximum atomic E-state index is 13.5. The zero-order valence-corrected chi connectivity index (χ0v) is 28.8. The third-order valence-electron chi connectivity index (χ3n) is 8.43. The molecule has 3 amide bonds. The Morgan fingerprint density at radius 3 is 2.32 bits per heavy atom. The number of hydrogen-bond donors (Lipinski definition) is 3. The molecular formula is C38H46N4O8. The molecule has 3 aromatic rings. The third-order valence-corrected chi connectivity index (χ3v) is 8.43. The first-order chi connectivity index (χ1) is 24.1. The number of carbonyl (C=O) groups is 4. The van der Waals surface area contributed by atoms with Gasteiger partial charge in [-0.2, -0.15) is 0 Å². The topological polar surface area (TPSA) is 145 Å². The molecule has 3 unspecified atom stereocenters. The van der Waals surface area contributed by atoms with Crippen molar-refractivity contribution in [3.05, 3.63) is 101 Å². The van der Waals surface area contributed by atoms with E-state index in [2.05, 4.69) is 16.2 Å². The highest BCUT2D eigenvalue weighted by atomic mass is 16.6. The SMILES string of the molecule is CC(C)(C)OC(=O)N1CC2COCC(C1)C2OC(=O)NC(c1ccccc1)c1cccc(OCc2ccc(C(=O)NNCCCC=O)cc2)c1. The van der Waals surface area contributed by atoms with E-state index < -0.39 is 23.8 Å². The van der Waals surface area contributed by atoms with E-state index in [-0.39, 0.29) is 30.4 Å². The number of aldehydes is 1. The fraction of sp³-hybridized carbons (Fsp3) is 0.421. The van der Waals surface area contributed by atoms with Crippen molar-refractivity contribution >= 4 is 24.4 Å². The average molecular weight is 687 g/mol. The van der Waals surface area contributed by atoms with Crippen molar-refractivity contribution in [2.45, 2.75) is 58.0 Å². The van der Waals surface area contributed by atoms with Crippen LogP contribution in [-0.4, -0.2) is 73.8 Å². The Hall–Kier alpha value is -4.94. The van der Waals surface area contributed by atoms with Crippen LogP contribution in [0.2, 0.25) is 0 Å². The molecular weight excluding hydrogens is 640 g/mol. The molecule has 3 atom stereocenters. The lowest BCUT2D eigenvalue weighted by atomic mass is 9.85. The number of carbonyl (C=O) groups excluding carboxylic acids is 4. The van der Waals surface area contributed by atoms with Crippen LogP contribution in [0.5, 0.6) is 5.75 Å². The lowest BCUT2D eigenvalue weighted by Crippen LogP contribution is -2.59. The molecule has 0 saturated carbocycles. The van der Waals surface area contributed by atoms with E-state index in [9.17, 15) is 19.2 Å². The predicted octanol–water partition coefficient (Wildman–Crippen LogP) is 5.18. The van der Waals surface area contributed by atoms with E-state index in [4.69, 9.17) is 18.9 Å². The Morgan fingerprint density at radius 1 is 0.940 bits per heavy atom. The zero-order chi connectivity index (χ0) is 35.5. The molecule has 0 radical (unpaired) electrons. The largest absolute Gasteiger partial charge is 0.489 e. The van der Waals surface area contributed by atoms with Crippen molar-refractivity contribution < 1.29 is 38.1 Å². The summed E-state index contributed by atoms with van der Waals surface area (Å²) in [7, 11) is 0. The van der Waals surface area contributed by atoms with Gasteiger partial charge in [-0.1, -0.05) is 54.6 Å².